The molecule has 26 heavy (non-hydrogen) atoms. The monoisotopic (exact) mass is 362 g/mol. The molecule has 1 fully saturated rings. The highest BCUT2D eigenvalue weighted by Gasteiger charge is 2.45. The van der Waals surface area contributed by atoms with Crippen molar-refractivity contribution in [1.29, 1.82) is 0 Å². The molecule has 1 amide bonds. The molecule has 0 bridgehead atoms. The number of carbonyl (C=O) groups excluding carboxylic acids is 2. The first-order valence-corrected chi connectivity index (χ1v) is 7.83. The SMILES string of the molecule is Cc1ccccc1C(=O)OCC1OC(n2cnc(C(N)=O)n2)[C@H](O)C1O. The van der Waals surface area contributed by atoms with Crippen LogP contribution in [0.15, 0.2) is 30.6 Å². The van der Waals surface area contributed by atoms with E-state index in [1.165, 1.54) is 0 Å². The number of hydrogen-bond acceptors (Lipinski definition) is 8. The van der Waals surface area contributed by atoms with Gasteiger partial charge in [-0.1, -0.05) is 18.2 Å². The number of aryl methyl sites for hydroxylation is 1. The fraction of sp³-hybridized carbons (Fsp3) is 0.375. The molecule has 1 aliphatic rings. The number of ether oxygens (including phenoxy) is 2. The summed E-state index contributed by atoms with van der Waals surface area (Å²) in [5, 5.41) is 24.1. The Labute approximate surface area is 148 Å². The van der Waals surface area contributed by atoms with Crippen molar-refractivity contribution >= 4 is 11.9 Å². The first-order valence-electron chi connectivity index (χ1n) is 7.83. The molecule has 0 aliphatic carbocycles. The molecule has 1 aromatic carbocycles. The molecular weight excluding hydrogens is 344 g/mol. The summed E-state index contributed by atoms with van der Waals surface area (Å²) in [5.41, 5.74) is 6.23. The minimum absolute atomic E-state index is 0.246. The Kier molecular flexibility index (Phi) is 4.98. The zero-order chi connectivity index (χ0) is 18.8. The molecule has 2 aromatic rings. The van der Waals surface area contributed by atoms with E-state index in [0.717, 1.165) is 16.6 Å². The smallest absolute Gasteiger partial charge is 0.338 e. The van der Waals surface area contributed by atoms with Crippen molar-refractivity contribution < 1.29 is 29.3 Å². The number of esters is 1. The molecule has 0 saturated carbocycles. The maximum atomic E-state index is 12.1. The molecule has 4 N–H and O–H groups in total. The number of aromatic nitrogens is 3. The van der Waals surface area contributed by atoms with E-state index in [4.69, 9.17) is 15.2 Å². The normalized spacial score (nSPS) is 25.2. The van der Waals surface area contributed by atoms with Crippen molar-refractivity contribution in [2.75, 3.05) is 6.61 Å². The number of amides is 1. The maximum absolute atomic E-state index is 12.1. The predicted octanol–water partition coefficient (Wildman–Crippen LogP) is -0.838. The number of carbonyl (C=O) groups is 2. The summed E-state index contributed by atoms with van der Waals surface area (Å²) in [4.78, 5) is 26.9. The standard InChI is InChI=1S/C16H18N4O6/c1-8-4-2-3-5-9(8)16(24)25-6-10-11(21)12(22)15(26-10)20-7-18-14(19-20)13(17)23/h2-5,7,10-12,15,21-22H,6H2,1H3,(H2,17,23)/t10?,11?,12-,15?/m1/s1. The van der Waals surface area contributed by atoms with Crippen LogP contribution in [0.25, 0.3) is 0 Å². The Hall–Kier alpha value is -2.82. The zero-order valence-electron chi connectivity index (χ0n) is 13.8. The molecule has 1 aliphatic heterocycles. The van der Waals surface area contributed by atoms with Gasteiger partial charge < -0.3 is 25.4 Å². The molecular formula is C16H18N4O6. The highest BCUT2D eigenvalue weighted by molar-refractivity contribution is 5.91. The lowest BCUT2D eigenvalue weighted by molar-refractivity contribution is -0.0632. The second-order valence-corrected chi connectivity index (χ2v) is 5.87. The summed E-state index contributed by atoms with van der Waals surface area (Å²) in [5.74, 6) is -1.64. The van der Waals surface area contributed by atoms with Crippen LogP contribution in [0.2, 0.25) is 0 Å². The number of rotatable bonds is 5. The van der Waals surface area contributed by atoms with Gasteiger partial charge in [0.2, 0.25) is 5.82 Å². The predicted molar refractivity (Wildman–Crippen MR) is 85.9 cm³/mol. The van der Waals surface area contributed by atoms with Gasteiger partial charge >= 0.3 is 5.97 Å². The molecule has 1 saturated heterocycles. The van der Waals surface area contributed by atoms with E-state index < -0.39 is 36.4 Å². The number of hydrogen-bond donors (Lipinski definition) is 3. The van der Waals surface area contributed by atoms with Crippen LogP contribution < -0.4 is 5.73 Å². The van der Waals surface area contributed by atoms with Gasteiger partial charge in [0, 0.05) is 0 Å². The van der Waals surface area contributed by atoms with Gasteiger partial charge in [0.25, 0.3) is 5.91 Å². The van der Waals surface area contributed by atoms with Gasteiger partial charge in [0.15, 0.2) is 6.23 Å². The van der Waals surface area contributed by atoms with Crippen LogP contribution in [0, 0.1) is 6.92 Å². The lowest BCUT2D eigenvalue weighted by Gasteiger charge is -2.15. The molecule has 0 radical (unpaired) electrons. The van der Waals surface area contributed by atoms with E-state index in [1.54, 1.807) is 31.2 Å². The van der Waals surface area contributed by atoms with Crippen molar-refractivity contribution in [2.45, 2.75) is 31.5 Å². The highest BCUT2D eigenvalue weighted by atomic mass is 16.6. The Bertz CT molecular complexity index is 823. The molecule has 4 atom stereocenters. The Morgan fingerprint density at radius 3 is 2.69 bits per heavy atom. The Morgan fingerprint density at radius 1 is 1.31 bits per heavy atom. The number of aliphatic hydroxyl groups excluding tert-OH is 2. The summed E-state index contributed by atoms with van der Waals surface area (Å²) in [6, 6.07) is 6.92. The summed E-state index contributed by atoms with van der Waals surface area (Å²) >= 11 is 0. The largest absolute Gasteiger partial charge is 0.459 e. The Balaban J connectivity index is 1.65. The van der Waals surface area contributed by atoms with E-state index in [1.807, 2.05) is 0 Å². The van der Waals surface area contributed by atoms with E-state index in [9.17, 15) is 19.8 Å². The van der Waals surface area contributed by atoms with Gasteiger partial charge in [-0.3, -0.25) is 4.79 Å². The third-order valence-corrected chi connectivity index (χ3v) is 4.07. The molecule has 10 nitrogen and oxygen atoms in total. The van der Waals surface area contributed by atoms with Crippen molar-refractivity contribution in [3.8, 4) is 0 Å². The van der Waals surface area contributed by atoms with Crippen molar-refractivity contribution in [3.05, 3.63) is 47.5 Å². The van der Waals surface area contributed by atoms with E-state index in [-0.39, 0.29) is 12.4 Å². The first kappa shape index (κ1) is 18.0. The number of aliphatic hydroxyl groups is 2. The zero-order valence-corrected chi connectivity index (χ0v) is 13.8. The van der Waals surface area contributed by atoms with Crippen LogP contribution in [-0.2, 0) is 9.47 Å². The second kappa shape index (κ2) is 7.20. The van der Waals surface area contributed by atoms with Gasteiger partial charge in [0.05, 0.1) is 5.56 Å². The first-order chi connectivity index (χ1) is 12.4. The minimum atomic E-state index is -1.35. The number of primary amides is 1. The van der Waals surface area contributed by atoms with E-state index in [2.05, 4.69) is 10.1 Å². The van der Waals surface area contributed by atoms with E-state index in [0.29, 0.717) is 5.56 Å². The second-order valence-electron chi connectivity index (χ2n) is 5.87. The topological polar surface area (TPSA) is 150 Å². The van der Waals surface area contributed by atoms with Gasteiger partial charge in [-0.15, -0.1) is 5.10 Å². The van der Waals surface area contributed by atoms with Crippen molar-refractivity contribution in [2.24, 2.45) is 5.73 Å². The van der Waals surface area contributed by atoms with Crippen LogP contribution in [0.4, 0.5) is 0 Å². The van der Waals surface area contributed by atoms with Gasteiger partial charge in [-0.05, 0) is 18.6 Å². The lowest BCUT2D eigenvalue weighted by atomic mass is 10.1. The quantitative estimate of drug-likeness (QED) is 0.583. The fourth-order valence-electron chi connectivity index (χ4n) is 2.63. The summed E-state index contributed by atoms with van der Waals surface area (Å²) < 4.78 is 11.8. The van der Waals surface area contributed by atoms with Crippen LogP contribution >= 0.6 is 0 Å². The highest BCUT2D eigenvalue weighted by Crippen LogP contribution is 2.29. The Morgan fingerprint density at radius 2 is 2.04 bits per heavy atom. The minimum Gasteiger partial charge on any atom is -0.459 e. The van der Waals surface area contributed by atoms with E-state index >= 15 is 0 Å². The number of nitrogens with two attached hydrogens (primary N) is 1. The van der Waals surface area contributed by atoms with Crippen LogP contribution in [0.3, 0.4) is 0 Å². The fourth-order valence-corrected chi connectivity index (χ4v) is 2.63. The maximum Gasteiger partial charge on any atom is 0.338 e. The number of benzene rings is 1. The molecule has 138 valence electrons. The van der Waals surface area contributed by atoms with Crippen molar-refractivity contribution in [3.63, 3.8) is 0 Å². The summed E-state index contributed by atoms with van der Waals surface area (Å²) in [6.07, 6.45) is -3.56. The summed E-state index contributed by atoms with van der Waals surface area (Å²) in [7, 11) is 0. The molecule has 3 rings (SSSR count). The van der Waals surface area contributed by atoms with Gasteiger partial charge in [-0.25, -0.2) is 14.5 Å². The van der Waals surface area contributed by atoms with Gasteiger partial charge in [0.1, 0.15) is 31.2 Å². The summed E-state index contributed by atoms with van der Waals surface area (Å²) in [6.45, 7) is 1.51. The third kappa shape index (κ3) is 3.43. The van der Waals surface area contributed by atoms with Gasteiger partial charge in [-0.2, -0.15) is 0 Å². The average molecular weight is 362 g/mol. The van der Waals surface area contributed by atoms with Crippen LogP contribution in [0.5, 0.6) is 0 Å². The molecule has 1 aromatic heterocycles. The molecule has 2 heterocycles. The molecule has 0 spiro atoms. The van der Waals surface area contributed by atoms with Crippen LogP contribution in [-0.4, -0.2) is 61.8 Å². The molecule has 10 heteroatoms. The molecule has 3 unspecified atom stereocenters. The third-order valence-electron chi connectivity index (χ3n) is 4.07. The lowest BCUT2D eigenvalue weighted by Crippen LogP contribution is -2.34. The number of nitrogens with zero attached hydrogens (tertiary/aromatic N) is 3. The average Bonchev–Trinajstić information content (AvgIpc) is 3.20. The van der Waals surface area contributed by atoms with Crippen LogP contribution in [0.1, 0.15) is 32.8 Å². The van der Waals surface area contributed by atoms with Crippen molar-refractivity contribution in [1.82, 2.24) is 14.8 Å².